The largest absolute Gasteiger partial charge is 0.481 e. The van der Waals surface area contributed by atoms with E-state index in [0.29, 0.717) is 6.54 Å². The predicted octanol–water partition coefficient (Wildman–Crippen LogP) is 1.92. The van der Waals surface area contributed by atoms with Gasteiger partial charge < -0.3 is 9.67 Å². The van der Waals surface area contributed by atoms with Crippen LogP contribution in [0.1, 0.15) is 42.3 Å². The highest BCUT2D eigenvalue weighted by molar-refractivity contribution is 7.88. The molecule has 2 aromatic heterocycles. The van der Waals surface area contributed by atoms with Crippen LogP contribution in [0.25, 0.3) is 10.9 Å². The Labute approximate surface area is 181 Å². The molecule has 4 rings (SSSR count). The fourth-order valence-electron chi connectivity index (χ4n) is 4.39. The Hall–Kier alpha value is -2.72. The summed E-state index contributed by atoms with van der Waals surface area (Å²) in [6.45, 7) is 1.16. The highest BCUT2D eigenvalue weighted by Crippen LogP contribution is 2.34. The van der Waals surface area contributed by atoms with Crippen molar-refractivity contribution in [1.82, 2.24) is 24.3 Å². The van der Waals surface area contributed by atoms with Gasteiger partial charge in [0.1, 0.15) is 0 Å². The average molecular weight is 446 g/mol. The third-order valence-electron chi connectivity index (χ3n) is 5.79. The molecule has 2 N–H and O–H groups in total. The number of rotatable bonds is 9. The number of unbranched alkanes of at least 4 members (excludes halogenated alkanes) is 1. The number of aromatic nitrogens is 4. The van der Waals surface area contributed by atoms with Crippen LogP contribution in [0.3, 0.4) is 0 Å². The molecule has 1 aromatic carbocycles. The number of aryl methyl sites for hydroxylation is 1. The van der Waals surface area contributed by atoms with Crippen LogP contribution in [0.2, 0.25) is 0 Å². The third kappa shape index (κ3) is 4.96. The van der Waals surface area contributed by atoms with Crippen molar-refractivity contribution in [2.45, 2.75) is 51.1 Å². The minimum atomic E-state index is -3.14. The zero-order valence-electron chi connectivity index (χ0n) is 17.5. The Bertz CT molecular complexity index is 1200. The average Bonchev–Trinajstić information content (AvgIpc) is 3.30. The maximum absolute atomic E-state index is 11.4. The van der Waals surface area contributed by atoms with Gasteiger partial charge in [0, 0.05) is 35.9 Å². The molecule has 1 unspecified atom stereocenters. The maximum Gasteiger partial charge on any atom is 0.307 e. The number of benzene rings is 1. The normalized spacial score (nSPS) is 16.5. The Kier molecular flexibility index (Phi) is 6.10. The fraction of sp³-hybridized carbons (Fsp3) is 0.476. The van der Waals surface area contributed by atoms with E-state index in [1.807, 2.05) is 35.1 Å². The smallest absolute Gasteiger partial charge is 0.307 e. The Morgan fingerprint density at radius 3 is 2.87 bits per heavy atom. The number of fused-ring (bicyclic) bond motifs is 3. The second-order valence-electron chi connectivity index (χ2n) is 8.13. The molecule has 1 atom stereocenters. The minimum absolute atomic E-state index is 0.0369. The molecule has 0 radical (unpaired) electrons. The van der Waals surface area contributed by atoms with E-state index in [1.54, 1.807) is 0 Å². The number of carbonyl (C=O) groups is 1. The molecule has 9 nitrogen and oxygen atoms in total. The number of aliphatic carboxylic acids is 1. The monoisotopic (exact) mass is 445 g/mol. The van der Waals surface area contributed by atoms with Crippen molar-refractivity contribution in [2.24, 2.45) is 0 Å². The second kappa shape index (κ2) is 8.80. The molecular weight excluding hydrogens is 418 g/mol. The molecule has 3 aromatic rings. The molecular formula is C21H27N5O4S. The number of carboxylic acids is 1. The van der Waals surface area contributed by atoms with Gasteiger partial charge in [-0.15, -0.1) is 5.10 Å². The number of hydrogen-bond acceptors (Lipinski definition) is 5. The van der Waals surface area contributed by atoms with E-state index < -0.39 is 16.0 Å². The van der Waals surface area contributed by atoms with Crippen LogP contribution in [-0.2, 0) is 40.6 Å². The lowest BCUT2D eigenvalue weighted by Crippen LogP contribution is -2.24. The zero-order valence-corrected chi connectivity index (χ0v) is 18.3. The summed E-state index contributed by atoms with van der Waals surface area (Å²) in [5.74, 6) is -0.811. The Balaban J connectivity index is 1.44. The lowest BCUT2D eigenvalue weighted by Gasteiger charge is -2.26. The molecule has 0 saturated carbocycles. The number of nitrogens with one attached hydrogen (secondary N) is 1. The van der Waals surface area contributed by atoms with Crippen LogP contribution in [-0.4, -0.2) is 51.9 Å². The van der Waals surface area contributed by atoms with Gasteiger partial charge in [0.15, 0.2) is 0 Å². The lowest BCUT2D eigenvalue weighted by molar-refractivity contribution is -0.136. The summed E-state index contributed by atoms with van der Waals surface area (Å²) in [5, 5.41) is 19.0. The van der Waals surface area contributed by atoms with E-state index in [0.717, 1.165) is 72.8 Å². The van der Waals surface area contributed by atoms with Gasteiger partial charge in [-0.1, -0.05) is 23.4 Å². The van der Waals surface area contributed by atoms with Gasteiger partial charge >= 0.3 is 5.97 Å². The van der Waals surface area contributed by atoms with Crippen molar-refractivity contribution >= 4 is 26.9 Å². The van der Waals surface area contributed by atoms with E-state index in [9.17, 15) is 18.3 Å². The first-order valence-electron chi connectivity index (χ1n) is 10.5. The summed E-state index contributed by atoms with van der Waals surface area (Å²) < 4.78 is 28.8. The zero-order chi connectivity index (χ0) is 22.0. The van der Waals surface area contributed by atoms with Gasteiger partial charge in [-0.2, -0.15) is 0 Å². The van der Waals surface area contributed by atoms with Gasteiger partial charge in [-0.25, -0.2) is 17.8 Å². The molecule has 10 heteroatoms. The summed E-state index contributed by atoms with van der Waals surface area (Å²) in [6.07, 6.45) is 7.17. The van der Waals surface area contributed by atoms with Crippen molar-refractivity contribution in [2.75, 3.05) is 12.8 Å². The van der Waals surface area contributed by atoms with Crippen molar-refractivity contribution in [3.8, 4) is 0 Å². The second-order valence-corrected chi connectivity index (χ2v) is 9.96. The number of nitrogens with zero attached hydrogens (tertiary/aromatic N) is 4. The Morgan fingerprint density at radius 2 is 2.10 bits per heavy atom. The van der Waals surface area contributed by atoms with E-state index in [2.05, 4.69) is 19.6 Å². The van der Waals surface area contributed by atoms with Crippen LogP contribution in [0.4, 0.5) is 0 Å². The Morgan fingerprint density at radius 1 is 1.29 bits per heavy atom. The number of carboxylic acid groups (broad SMARTS) is 1. The highest BCUT2D eigenvalue weighted by atomic mass is 32.2. The van der Waals surface area contributed by atoms with Crippen LogP contribution >= 0.6 is 0 Å². The van der Waals surface area contributed by atoms with Crippen LogP contribution in [0, 0.1) is 0 Å². The van der Waals surface area contributed by atoms with Crippen LogP contribution < -0.4 is 4.72 Å². The number of hydrogen-bond donors (Lipinski definition) is 2. The van der Waals surface area contributed by atoms with Gasteiger partial charge in [-0.3, -0.25) is 4.79 Å². The first-order valence-corrected chi connectivity index (χ1v) is 12.4. The minimum Gasteiger partial charge on any atom is -0.481 e. The maximum atomic E-state index is 11.4. The van der Waals surface area contributed by atoms with Crippen LogP contribution in [0.5, 0.6) is 0 Å². The summed E-state index contributed by atoms with van der Waals surface area (Å²) in [4.78, 5) is 11.4. The number of para-hydroxylation sites is 1. The molecule has 3 heterocycles. The first kappa shape index (κ1) is 21.5. The summed E-state index contributed by atoms with van der Waals surface area (Å²) in [7, 11) is -3.14. The SMILES string of the molecule is CS(=O)(=O)NCCCCc1cn(C2CCc3c(CC(=O)O)c4ccccc4n3C2)nn1. The van der Waals surface area contributed by atoms with Crippen molar-refractivity contribution in [1.29, 1.82) is 0 Å². The van der Waals surface area contributed by atoms with Gasteiger partial charge in [0.25, 0.3) is 0 Å². The van der Waals surface area contributed by atoms with Crippen molar-refractivity contribution < 1.29 is 18.3 Å². The molecule has 0 fully saturated rings. The molecule has 0 amide bonds. The third-order valence-corrected chi connectivity index (χ3v) is 6.51. The molecule has 31 heavy (non-hydrogen) atoms. The summed E-state index contributed by atoms with van der Waals surface area (Å²) >= 11 is 0. The van der Waals surface area contributed by atoms with Gasteiger partial charge in [0.2, 0.25) is 10.0 Å². The predicted molar refractivity (Wildman–Crippen MR) is 116 cm³/mol. The van der Waals surface area contributed by atoms with E-state index in [1.165, 1.54) is 0 Å². The summed E-state index contributed by atoms with van der Waals surface area (Å²) in [6, 6.07) is 8.14. The molecule has 0 saturated heterocycles. The molecule has 1 aliphatic rings. The van der Waals surface area contributed by atoms with E-state index in [4.69, 9.17) is 0 Å². The topological polar surface area (TPSA) is 119 Å². The van der Waals surface area contributed by atoms with E-state index in [-0.39, 0.29) is 12.5 Å². The highest BCUT2D eigenvalue weighted by Gasteiger charge is 2.27. The van der Waals surface area contributed by atoms with Gasteiger partial charge in [-0.05, 0) is 43.7 Å². The van der Waals surface area contributed by atoms with Crippen molar-refractivity contribution in [3.63, 3.8) is 0 Å². The first-order chi connectivity index (χ1) is 14.8. The molecule has 0 bridgehead atoms. The fourth-order valence-corrected chi connectivity index (χ4v) is 4.90. The molecule has 1 aliphatic heterocycles. The molecule has 0 spiro atoms. The lowest BCUT2D eigenvalue weighted by atomic mass is 10.0. The van der Waals surface area contributed by atoms with E-state index >= 15 is 0 Å². The summed E-state index contributed by atoms with van der Waals surface area (Å²) in [5.41, 5.74) is 3.99. The quantitative estimate of drug-likeness (QED) is 0.486. The molecule has 166 valence electrons. The van der Waals surface area contributed by atoms with Crippen LogP contribution in [0.15, 0.2) is 30.5 Å². The number of sulfonamides is 1. The van der Waals surface area contributed by atoms with Crippen molar-refractivity contribution in [3.05, 3.63) is 47.4 Å². The molecule has 0 aliphatic carbocycles. The van der Waals surface area contributed by atoms with Gasteiger partial charge in [0.05, 0.1) is 24.4 Å². The standard InChI is InChI=1S/C21H27N5O4S/c1-31(29,30)22-11-5-4-6-15-13-26(24-23-15)16-9-10-20-18(12-21(27)28)17-7-2-3-8-19(17)25(20)14-16/h2-3,7-8,13,16,22H,4-6,9-12,14H2,1H3,(H,27,28).